The summed E-state index contributed by atoms with van der Waals surface area (Å²) in [7, 11) is 0. The van der Waals surface area contributed by atoms with E-state index in [1.54, 1.807) is 12.1 Å². The highest BCUT2D eigenvalue weighted by atomic mass is 79.9. The van der Waals surface area contributed by atoms with Gasteiger partial charge in [0.15, 0.2) is 0 Å². The molecule has 4 heteroatoms. The van der Waals surface area contributed by atoms with E-state index in [2.05, 4.69) is 21.2 Å². The Kier molecular flexibility index (Phi) is 3.82. The van der Waals surface area contributed by atoms with Gasteiger partial charge in [-0.15, -0.1) is 0 Å². The monoisotopic (exact) mass is 287 g/mol. The summed E-state index contributed by atoms with van der Waals surface area (Å²) in [5.41, 5.74) is 0. The number of benzene rings is 1. The predicted octanol–water partition coefficient (Wildman–Crippen LogP) is 3.11. The second-order valence-electron chi connectivity index (χ2n) is 4.19. The molecule has 1 saturated carbocycles. The second kappa shape index (κ2) is 5.15. The summed E-state index contributed by atoms with van der Waals surface area (Å²) >= 11 is 3.11. The van der Waals surface area contributed by atoms with Crippen LogP contribution >= 0.6 is 15.9 Å². The van der Waals surface area contributed by atoms with Crippen LogP contribution in [0.2, 0.25) is 0 Å². The number of nitrogens with one attached hydrogen (secondary N) is 1. The maximum absolute atomic E-state index is 13.2. The zero-order valence-corrected chi connectivity index (χ0v) is 10.8. The van der Waals surface area contributed by atoms with Gasteiger partial charge in [-0.3, -0.25) is 0 Å². The van der Waals surface area contributed by atoms with Gasteiger partial charge in [-0.1, -0.05) is 0 Å². The number of ether oxygens (including phenoxy) is 1. The van der Waals surface area contributed by atoms with Crippen LogP contribution < -0.4 is 10.1 Å². The summed E-state index contributed by atoms with van der Waals surface area (Å²) in [4.78, 5) is 0. The van der Waals surface area contributed by atoms with Crippen molar-refractivity contribution in [2.45, 2.75) is 31.9 Å². The molecule has 0 aromatic heterocycles. The highest BCUT2D eigenvalue weighted by molar-refractivity contribution is 9.10. The lowest BCUT2D eigenvalue weighted by Crippen LogP contribution is -2.30. The molecule has 1 aliphatic rings. The average Bonchev–Trinajstić information content (AvgIpc) is 3.04. The Balaban J connectivity index is 1.84. The Hall–Kier alpha value is -0.610. The van der Waals surface area contributed by atoms with E-state index >= 15 is 0 Å². The Bertz CT molecular complexity index is 368. The minimum absolute atomic E-state index is 0.0566. The summed E-state index contributed by atoms with van der Waals surface area (Å²) in [5.74, 6) is 0.283. The summed E-state index contributed by atoms with van der Waals surface area (Å²) in [6.07, 6.45) is 2.58. The van der Waals surface area contributed by atoms with Gasteiger partial charge in [-0.25, -0.2) is 4.39 Å². The molecule has 1 aromatic rings. The van der Waals surface area contributed by atoms with Crippen molar-refractivity contribution in [1.29, 1.82) is 0 Å². The maximum Gasteiger partial charge on any atom is 0.141 e. The summed E-state index contributed by atoms with van der Waals surface area (Å²) in [6, 6.07) is 5.50. The summed E-state index contributed by atoms with van der Waals surface area (Å²) in [6.45, 7) is 2.79. The van der Waals surface area contributed by atoms with E-state index < -0.39 is 0 Å². The van der Waals surface area contributed by atoms with Crippen LogP contribution in [0.5, 0.6) is 5.75 Å². The standard InChI is InChI=1S/C12H15BrFNO/c1-8(7-15-9-2-3-9)16-10-4-5-11(13)12(14)6-10/h4-6,8-9,15H,2-3,7H2,1H3. The minimum atomic E-state index is -0.292. The molecule has 1 aliphatic carbocycles. The molecule has 88 valence electrons. The molecule has 1 atom stereocenters. The Morgan fingerprint density at radius 3 is 2.94 bits per heavy atom. The third-order valence-electron chi connectivity index (χ3n) is 2.50. The van der Waals surface area contributed by atoms with Crippen molar-refractivity contribution in [2.24, 2.45) is 0 Å². The van der Waals surface area contributed by atoms with Crippen LogP contribution in [0.1, 0.15) is 19.8 Å². The molecule has 0 bridgehead atoms. The quantitative estimate of drug-likeness (QED) is 0.899. The topological polar surface area (TPSA) is 21.3 Å². The first-order valence-corrected chi connectivity index (χ1v) is 6.29. The Morgan fingerprint density at radius 1 is 1.56 bits per heavy atom. The van der Waals surface area contributed by atoms with Gasteiger partial charge < -0.3 is 10.1 Å². The first kappa shape index (κ1) is 11.9. The fourth-order valence-electron chi connectivity index (χ4n) is 1.44. The van der Waals surface area contributed by atoms with Crippen LogP contribution in [-0.4, -0.2) is 18.7 Å². The third-order valence-corrected chi connectivity index (χ3v) is 3.14. The van der Waals surface area contributed by atoms with E-state index in [1.165, 1.54) is 18.9 Å². The van der Waals surface area contributed by atoms with Crippen molar-refractivity contribution in [3.8, 4) is 5.75 Å². The van der Waals surface area contributed by atoms with Gasteiger partial charge in [-0.05, 0) is 47.8 Å². The zero-order chi connectivity index (χ0) is 11.5. The van der Waals surface area contributed by atoms with Gasteiger partial charge in [-0.2, -0.15) is 0 Å². The molecule has 1 fully saturated rings. The second-order valence-corrected chi connectivity index (χ2v) is 5.04. The van der Waals surface area contributed by atoms with Gasteiger partial charge in [0, 0.05) is 18.7 Å². The Morgan fingerprint density at radius 2 is 2.31 bits per heavy atom. The molecule has 1 aromatic carbocycles. The largest absolute Gasteiger partial charge is 0.489 e. The molecule has 0 saturated heterocycles. The van der Waals surface area contributed by atoms with Crippen LogP contribution in [0.3, 0.4) is 0 Å². The van der Waals surface area contributed by atoms with E-state index in [9.17, 15) is 4.39 Å². The molecule has 1 unspecified atom stereocenters. The van der Waals surface area contributed by atoms with Gasteiger partial charge in [0.2, 0.25) is 0 Å². The van der Waals surface area contributed by atoms with Crippen LogP contribution in [0.4, 0.5) is 4.39 Å². The number of hydrogen-bond acceptors (Lipinski definition) is 2. The van der Waals surface area contributed by atoms with E-state index in [-0.39, 0.29) is 11.9 Å². The highest BCUT2D eigenvalue weighted by Gasteiger charge is 2.21. The van der Waals surface area contributed by atoms with Crippen molar-refractivity contribution in [1.82, 2.24) is 5.32 Å². The number of rotatable bonds is 5. The van der Waals surface area contributed by atoms with E-state index in [0.717, 1.165) is 6.54 Å². The molecule has 1 N–H and O–H groups in total. The minimum Gasteiger partial charge on any atom is -0.489 e. The van der Waals surface area contributed by atoms with Gasteiger partial charge >= 0.3 is 0 Å². The SMILES string of the molecule is CC(CNC1CC1)Oc1ccc(Br)c(F)c1. The normalized spacial score (nSPS) is 17.2. The van der Waals surface area contributed by atoms with Crippen molar-refractivity contribution in [2.75, 3.05) is 6.54 Å². The van der Waals surface area contributed by atoms with E-state index in [1.807, 2.05) is 6.92 Å². The van der Waals surface area contributed by atoms with Crippen molar-refractivity contribution in [3.05, 3.63) is 28.5 Å². The lowest BCUT2D eigenvalue weighted by molar-refractivity contribution is 0.216. The van der Waals surface area contributed by atoms with E-state index in [0.29, 0.717) is 16.3 Å². The molecule has 0 radical (unpaired) electrons. The lowest BCUT2D eigenvalue weighted by Gasteiger charge is -2.15. The van der Waals surface area contributed by atoms with Crippen molar-refractivity contribution in [3.63, 3.8) is 0 Å². The zero-order valence-electron chi connectivity index (χ0n) is 9.17. The van der Waals surface area contributed by atoms with Crippen LogP contribution in [0, 0.1) is 5.82 Å². The predicted molar refractivity (Wildman–Crippen MR) is 65.2 cm³/mol. The van der Waals surface area contributed by atoms with Gasteiger partial charge in [0.25, 0.3) is 0 Å². The molecule has 0 spiro atoms. The van der Waals surface area contributed by atoms with Crippen molar-refractivity contribution >= 4 is 15.9 Å². The molecule has 2 rings (SSSR count). The van der Waals surface area contributed by atoms with E-state index in [4.69, 9.17) is 4.74 Å². The van der Waals surface area contributed by atoms with Crippen molar-refractivity contribution < 1.29 is 9.13 Å². The fourth-order valence-corrected chi connectivity index (χ4v) is 1.69. The maximum atomic E-state index is 13.2. The van der Waals surface area contributed by atoms with Crippen LogP contribution in [0.25, 0.3) is 0 Å². The molecule has 0 heterocycles. The molecular formula is C12H15BrFNO. The fraction of sp³-hybridized carbons (Fsp3) is 0.500. The third kappa shape index (κ3) is 3.46. The summed E-state index contributed by atoms with van der Waals surface area (Å²) < 4.78 is 19.3. The summed E-state index contributed by atoms with van der Waals surface area (Å²) in [5, 5.41) is 3.37. The highest BCUT2D eigenvalue weighted by Crippen LogP contribution is 2.22. The Labute approximate surface area is 103 Å². The first-order valence-electron chi connectivity index (χ1n) is 5.50. The first-order chi connectivity index (χ1) is 7.65. The molecule has 2 nitrogen and oxygen atoms in total. The number of halogens is 2. The molecular weight excluding hydrogens is 273 g/mol. The van der Waals surface area contributed by atoms with Gasteiger partial charge in [0.1, 0.15) is 17.7 Å². The van der Waals surface area contributed by atoms with Crippen LogP contribution in [0.15, 0.2) is 22.7 Å². The van der Waals surface area contributed by atoms with Crippen LogP contribution in [-0.2, 0) is 0 Å². The molecule has 0 aliphatic heterocycles. The number of hydrogen-bond donors (Lipinski definition) is 1. The molecule has 16 heavy (non-hydrogen) atoms. The smallest absolute Gasteiger partial charge is 0.141 e. The molecule has 0 amide bonds. The van der Waals surface area contributed by atoms with Gasteiger partial charge in [0.05, 0.1) is 4.47 Å². The lowest BCUT2D eigenvalue weighted by atomic mass is 10.3. The average molecular weight is 288 g/mol.